The number of hydrogen-bond donors (Lipinski definition) is 1. The SMILES string of the molecule is CCOC(=O)Nc1cccc(-c2cnc3cc(-c4ccc(F)cc4)ccn23)c1. The Hall–Kier alpha value is -3.67. The molecule has 2 heterocycles. The number of fused-ring (bicyclic) bond motifs is 1. The zero-order valence-electron chi connectivity index (χ0n) is 15.2. The van der Waals surface area contributed by atoms with Crippen molar-refractivity contribution >= 4 is 17.4 Å². The maximum absolute atomic E-state index is 13.2. The van der Waals surface area contributed by atoms with Crippen LogP contribution in [0.2, 0.25) is 0 Å². The Balaban J connectivity index is 1.66. The summed E-state index contributed by atoms with van der Waals surface area (Å²) in [6, 6.07) is 17.8. The molecule has 4 rings (SSSR count). The van der Waals surface area contributed by atoms with Gasteiger partial charge < -0.3 is 4.74 Å². The number of imidazole rings is 1. The molecule has 0 fully saturated rings. The van der Waals surface area contributed by atoms with Gasteiger partial charge in [0.1, 0.15) is 11.5 Å². The number of hydrogen-bond acceptors (Lipinski definition) is 3. The highest BCUT2D eigenvalue weighted by Crippen LogP contribution is 2.27. The fourth-order valence-corrected chi connectivity index (χ4v) is 3.06. The number of carbonyl (C=O) groups is 1. The Morgan fingerprint density at radius 1 is 1.07 bits per heavy atom. The van der Waals surface area contributed by atoms with E-state index in [-0.39, 0.29) is 5.82 Å². The lowest BCUT2D eigenvalue weighted by Gasteiger charge is -2.08. The lowest BCUT2D eigenvalue weighted by Crippen LogP contribution is -2.13. The van der Waals surface area contributed by atoms with Crippen molar-refractivity contribution in [1.29, 1.82) is 0 Å². The number of pyridine rings is 1. The van der Waals surface area contributed by atoms with Gasteiger partial charge in [-0.1, -0.05) is 24.3 Å². The zero-order valence-corrected chi connectivity index (χ0v) is 15.2. The van der Waals surface area contributed by atoms with Crippen LogP contribution in [0.1, 0.15) is 6.92 Å². The Morgan fingerprint density at radius 2 is 1.89 bits per heavy atom. The Kier molecular flexibility index (Phi) is 4.76. The predicted molar refractivity (Wildman–Crippen MR) is 107 cm³/mol. The number of ether oxygens (including phenoxy) is 1. The van der Waals surface area contributed by atoms with Gasteiger partial charge in [-0.05, 0) is 54.4 Å². The van der Waals surface area contributed by atoms with Crippen molar-refractivity contribution < 1.29 is 13.9 Å². The first kappa shape index (κ1) is 17.7. The van der Waals surface area contributed by atoms with Gasteiger partial charge in [0, 0.05) is 17.4 Å². The van der Waals surface area contributed by atoms with Crippen molar-refractivity contribution in [2.75, 3.05) is 11.9 Å². The molecule has 0 unspecified atom stereocenters. The summed E-state index contributed by atoms with van der Waals surface area (Å²) in [5.74, 6) is -0.260. The molecule has 2 aromatic heterocycles. The number of nitrogens with one attached hydrogen (secondary N) is 1. The largest absolute Gasteiger partial charge is 0.450 e. The molecule has 4 aromatic rings. The lowest BCUT2D eigenvalue weighted by atomic mass is 10.1. The van der Waals surface area contributed by atoms with Gasteiger partial charge in [-0.15, -0.1) is 0 Å². The second-order valence-electron chi connectivity index (χ2n) is 6.22. The van der Waals surface area contributed by atoms with Crippen LogP contribution < -0.4 is 5.32 Å². The molecular weight excluding hydrogens is 357 g/mol. The van der Waals surface area contributed by atoms with Crippen molar-refractivity contribution in [2.24, 2.45) is 0 Å². The molecule has 0 radical (unpaired) electrons. The molecular formula is C22H18FN3O2. The van der Waals surface area contributed by atoms with Crippen molar-refractivity contribution in [3.05, 3.63) is 78.9 Å². The standard InChI is InChI=1S/C22H18FN3O2/c1-2-28-22(27)25-19-5-3-4-17(12-19)20-14-24-21-13-16(10-11-26(20)21)15-6-8-18(23)9-7-15/h3-14H,2H2,1H3,(H,25,27). The van der Waals surface area contributed by atoms with E-state index >= 15 is 0 Å². The van der Waals surface area contributed by atoms with E-state index in [4.69, 9.17) is 4.74 Å². The quantitative estimate of drug-likeness (QED) is 0.521. The monoisotopic (exact) mass is 375 g/mol. The smallest absolute Gasteiger partial charge is 0.411 e. The zero-order chi connectivity index (χ0) is 19.5. The highest BCUT2D eigenvalue weighted by Gasteiger charge is 2.09. The molecule has 1 amide bonds. The molecule has 0 atom stereocenters. The number of aromatic nitrogens is 2. The van der Waals surface area contributed by atoms with Crippen LogP contribution in [0.15, 0.2) is 73.1 Å². The Bertz CT molecular complexity index is 1140. The molecule has 5 nitrogen and oxygen atoms in total. The van der Waals surface area contributed by atoms with Gasteiger partial charge in [0.15, 0.2) is 0 Å². The Labute approximate surface area is 161 Å². The minimum atomic E-state index is -0.485. The molecule has 0 aliphatic rings. The summed E-state index contributed by atoms with van der Waals surface area (Å²) in [5, 5.41) is 2.71. The number of rotatable bonds is 4. The van der Waals surface area contributed by atoms with Crippen LogP contribution in [-0.4, -0.2) is 22.1 Å². The van der Waals surface area contributed by atoms with Crippen LogP contribution in [0.5, 0.6) is 0 Å². The summed E-state index contributed by atoms with van der Waals surface area (Å²) in [7, 11) is 0. The van der Waals surface area contributed by atoms with Crippen LogP contribution in [0.4, 0.5) is 14.9 Å². The van der Waals surface area contributed by atoms with E-state index in [1.165, 1.54) is 12.1 Å². The van der Waals surface area contributed by atoms with Crippen molar-refractivity contribution in [1.82, 2.24) is 9.38 Å². The first-order valence-corrected chi connectivity index (χ1v) is 8.91. The van der Waals surface area contributed by atoms with Crippen LogP contribution >= 0.6 is 0 Å². The van der Waals surface area contributed by atoms with E-state index in [0.29, 0.717) is 12.3 Å². The fraction of sp³-hybridized carbons (Fsp3) is 0.0909. The van der Waals surface area contributed by atoms with Crippen LogP contribution in [0.3, 0.4) is 0 Å². The van der Waals surface area contributed by atoms with Gasteiger partial charge in [0.05, 0.1) is 18.5 Å². The summed E-state index contributed by atoms with van der Waals surface area (Å²) in [5.41, 5.74) is 5.12. The third kappa shape index (κ3) is 3.57. The second kappa shape index (κ2) is 7.52. The predicted octanol–water partition coefficient (Wildman–Crippen LogP) is 5.38. The minimum Gasteiger partial charge on any atom is -0.450 e. The average molecular weight is 375 g/mol. The van der Waals surface area contributed by atoms with Gasteiger partial charge in [-0.25, -0.2) is 14.2 Å². The number of carbonyl (C=O) groups excluding carboxylic acids is 1. The van der Waals surface area contributed by atoms with Crippen LogP contribution in [0, 0.1) is 5.82 Å². The summed E-state index contributed by atoms with van der Waals surface area (Å²) in [4.78, 5) is 16.1. The van der Waals surface area contributed by atoms with Gasteiger partial charge >= 0.3 is 6.09 Å². The summed E-state index contributed by atoms with van der Waals surface area (Å²) < 4.78 is 20.0. The van der Waals surface area contributed by atoms with Gasteiger partial charge in [-0.2, -0.15) is 0 Å². The summed E-state index contributed by atoms with van der Waals surface area (Å²) >= 11 is 0. The third-order valence-corrected chi connectivity index (χ3v) is 4.37. The van der Waals surface area contributed by atoms with Crippen LogP contribution in [0.25, 0.3) is 28.0 Å². The molecule has 28 heavy (non-hydrogen) atoms. The molecule has 0 saturated heterocycles. The Morgan fingerprint density at radius 3 is 2.68 bits per heavy atom. The number of amides is 1. The van der Waals surface area contributed by atoms with Crippen molar-refractivity contribution in [3.8, 4) is 22.4 Å². The molecule has 0 aliphatic carbocycles. The number of halogens is 1. The lowest BCUT2D eigenvalue weighted by molar-refractivity contribution is 0.168. The first-order chi connectivity index (χ1) is 13.6. The molecule has 0 spiro atoms. The van der Waals surface area contributed by atoms with Gasteiger partial charge in [0.25, 0.3) is 0 Å². The summed E-state index contributed by atoms with van der Waals surface area (Å²) in [6.45, 7) is 2.07. The van der Waals surface area contributed by atoms with E-state index in [2.05, 4.69) is 10.3 Å². The van der Waals surface area contributed by atoms with E-state index in [9.17, 15) is 9.18 Å². The number of anilines is 1. The average Bonchev–Trinajstić information content (AvgIpc) is 3.12. The number of nitrogens with zero attached hydrogens (tertiary/aromatic N) is 2. The topological polar surface area (TPSA) is 55.6 Å². The molecule has 2 aromatic carbocycles. The molecule has 1 N–H and O–H groups in total. The highest BCUT2D eigenvalue weighted by atomic mass is 19.1. The molecule has 140 valence electrons. The van der Waals surface area contributed by atoms with E-state index in [1.54, 1.807) is 31.3 Å². The summed E-state index contributed by atoms with van der Waals surface area (Å²) in [6.07, 6.45) is 3.23. The highest BCUT2D eigenvalue weighted by molar-refractivity contribution is 5.86. The van der Waals surface area contributed by atoms with E-state index in [0.717, 1.165) is 28.0 Å². The molecule has 6 heteroatoms. The molecule has 0 saturated carbocycles. The first-order valence-electron chi connectivity index (χ1n) is 8.91. The van der Waals surface area contributed by atoms with E-state index < -0.39 is 6.09 Å². The van der Waals surface area contributed by atoms with Gasteiger partial charge in [0.2, 0.25) is 0 Å². The van der Waals surface area contributed by atoms with E-state index in [1.807, 2.05) is 40.9 Å². The fourth-order valence-electron chi connectivity index (χ4n) is 3.06. The maximum Gasteiger partial charge on any atom is 0.411 e. The maximum atomic E-state index is 13.2. The molecule has 0 bridgehead atoms. The van der Waals surface area contributed by atoms with Gasteiger partial charge in [-0.3, -0.25) is 9.72 Å². The minimum absolute atomic E-state index is 0.260. The number of benzene rings is 2. The van der Waals surface area contributed by atoms with Crippen molar-refractivity contribution in [2.45, 2.75) is 6.92 Å². The van der Waals surface area contributed by atoms with Crippen molar-refractivity contribution in [3.63, 3.8) is 0 Å². The second-order valence-corrected chi connectivity index (χ2v) is 6.22. The normalized spacial score (nSPS) is 10.8. The third-order valence-electron chi connectivity index (χ3n) is 4.37. The molecule has 0 aliphatic heterocycles. The van der Waals surface area contributed by atoms with Crippen LogP contribution in [-0.2, 0) is 4.74 Å².